The first-order valence-corrected chi connectivity index (χ1v) is 6.71. The van der Waals surface area contributed by atoms with E-state index in [4.69, 9.17) is 5.26 Å². The third-order valence-corrected chi connectivity index (χ3v) is 5.38. The van der Waals surface area contributed by atoms with Gasteiger partial charge in [-0.3, -0.25) is 5.32 Å². The molecule has 2 nitrogen and oxygen atoms in total. The minimum absolute atomic E-state index is 0.157. The van der Waals surface area contributed by atoms with Gasteiger partial charge in [0.1, 0.15) is 6.04 Å². The molecule has 1 heterocycles. The fourth-order valence-corrected chi connectivity index (χ4v) is 3.27. The van der Waals surface area contributed by atoms with E-state index in [1.54, 1.807) is 11.3 Å². The van der Waals surface area contributed by atoms with Gasteiger partial charge in [0.15, 0.2) is 0 Å². The van der Waals surface area contributed by atoms with Crippen LogP contribution in [-0.4, -0.2) is 6.04 Å². The van der Waals surface area contributed by atoms with Gasteiger partial charge in [-0.25, -0.2) is 0 Å². The highest BCUT2D eigenvalue weighted by atomic mass is 79.9. The number of nitriles is 1. The lowest BCUT2D eigenvalue weighted by Gasteiger charge is -2.07. The Hall–Kier alpha value is 0.110. The molecule has 1 unspecified atom stereocenters. The Morgan fingerprint density at radius 1 is 1.57 bits per heavy atom. The van der Waals surface area contributed by atoms with Crippen LogP contribution in [0.5, 0.6) is 0 Å². The molecular weight excluding hydrogens is 328 g/mol. The van der Waals surface area contributed by atoms with Gasteiger partial charge >= 0.3 is 0 Å². The molecule has 1 aromatic heterocycles. The van der Waals surface area contributed by atoms with Crippen LogP contribution in [0.25, 0.3) is 0 Å². The highest BCUT2D eigenvalue weighted by Crippen LogP contribution is 2.36. The molecule has 2 rings (SSSR count). The summed E-state index contributed by atoms with van der Waals surface area (Å²) in [5.41, 5.74) is 0. The topological polar surface area (TPSA) is 35.8 Å². The molecule has 1 aliphatic carbocycles. The zero-order valence-electron chi connectivity index (χ0n) is 7.26. The summed E-state index contributed by atoms with van der Waals surface area (Å²) < 4.78 is 2.07. The lowest BCUT2D eigenvalue weighted by atomic mass is 10.2. The van der Waals surface area contributed by atoms with E-state index in [1.165, 1.54) is 12.8 Å². The summed E-state index contributed by atoms with van der Waals surface area (Å²) in [6, 6.07) is 4.68. The SMILES string of the molecule is N#CC(NC1CC1)c1cc(Br)c(Br)s1. The third-order valence-electron chi connectivity index (χ3n) is 2.06. The summed E-state index contributed by atoms with van der Waals surface area (Å²) in [7, 11) is 0. The number of nitrogens with one attached hydrogen (secondary N) is 1. The van der Waals surface area contributed by atoms with Crippen molar-refractivity contribution in [2.45, 2.75) is 24.9 Å². The second-order valence-corrected chi connectivity index (χ2v) is 6.53. The van der Waals surface area contributed by atoms with Crippen molar-refractivity contribution in [3.05, 3.63) is 19.2 Å². The summed E-state index contributed by atoms with van der Waals surface area (Å²) in [6.07, 6.45) is 2.40. The van der Waals surface area contributed by atoms with E-state index in [-0.39, 0.29) is 6.04 Å². The lowest BCUT2D eigenvalue weighted by Crippen LogP contribution is -2.21. The zero-order chi connectivity index (χ0) is 10.1. The van der Waals surface area contributed by atoms with Crippen LogP contribution in [0.1, 0.15) is 23.8 Å². The van der Waals surface area contributed by atoms with E-state index in [0.717, 1.165) is 13.1 Å². The van der Waals surface area contributed by atoms with Crippen LogP contribution >= 0.6 is 43.2 Å². The molecular formula is C9H8Br2N2S. The standard InChI is InChI=1S/C9H8Br2N2S/c10-6-3-8(14-9(6)11)7(4-12)13-5-1-2-5/h3,5,7,13H,1-2H2. The Morgan fingerprint density at radius 3 is 2.71 bits per heavy atom. The van der Waals surface area contributed by atoms with E-state index >= 15 is 0 Å². The molecule has 74 valence electrons. The van der Waals surface area contributed by atoms with Crippen LogP contribution in [0.15, 0.2) is 14.3 Å². The molecule has 5 heteroatoms. The van der Waals surface area contributed by atoms with Crippen LogP contribution in [0, 0.1) is 11.3 Å². The molecule has 1 saturated carbocycles. The fraction of sp³-hybridized carbons (Fsp3) is 0.444. The monoisotopic (exact) mass is 334 g/mol. The zero-order valence-corrected chi connectivity index (χ0v) is 11.2. The predicted octanol–water partition coefficient (Wildman–Crippen LogP) is 3.59. The van der Waals surface area contributed by atoms with Gasteiger partial charge in [-0.1, -0.05) is 0 Å². The number of halogens is 2. The molecule has 1 fully saturated rings. The Balaban J connectivity index is 2.14. The van der Waals surface area contributed by atoms with Crippen molar-refractivity contribution in [3.8, 4) is 6.07 Å². The second-order valence-electron chi connectivity index (χ2n) is 3.27. The normalized spacial score (nSPS) is 17.8. The van der Waals surface area contributed by atoms with Gasteiger partial charge in [0.25, 0.3) is 0 Å². The minimum atomic E-state index is -0.157. The summed E-state index contributed by atoms with van der Waals surface area (Å²) in [4.78, 5) is 1.07. The lowest BCUT2D eigenvalue weighted by molar-refractivity contribution is 0.634. The largest absolute Gasteiger partial charge is 0.295 e. The maximum absolute atomic E-state index is 9.02. The Labute approximate surface area is 104 Å². The number of hydrogen-bond acceptors (Lipinski definition) is 3. The van der Waals surface area contributed by atoms with Crippen LogP contribution in [-0.2, 0) is 0 Å². The summed E-state index contributed by atoms with van der Waals surface area (Å²) in [5.74, 6) is 0. The van der Waals surface area contributed by atoms with Gasteiger partial charge in [0.2, 0.25) is 0 Å². The molecule has 1 aliphatic rings. The maximum atomic E-state index is 9.02. The highest BCUT2D eigenvalue weighted by molar-refractivity contribution is 9.13. The molecule has 1 N–H and O–H groups in total. The van der Waals surface area contributed by atoms with Crippen molar-refractivity contribution in [1.29, 1.82) is 5.26 Å². The molecule has 0 saturated heterocycles. The highest BCUT2D eigenvalue weighted by Gasteiger charge is 2.26. The summed E-state index contributed by atoms with van der Waals surface area (Å²) in [6.45, 7) is 0. The number of nitrogens with zero attached hydrogens (tertiary/aromatic N) is 1. The average molecular weight is 336 g/mol. The number of thiophene rings is 1. The first-order valence-electron chi connectivity index (χ1n) is 4.31. The van der Waals surface area contributed by atoms with Crippen molar-refractivity contribution >= 4 is 43.2 Å². The molecule has 0 radical (unpaired) electrons. The van der Waals surface area contributed by atoms with E-state index < -0.39 is 0 Å². The Bertz CT molecular complexity index is 359. The van der Waals surface area contributed by atoms with Crippen molar-refractivity contribution < 1.29 is 0 Å². The quantitative estimate of drug-likeness (QED) is 0.916. The van der Waals surface area contributed by atoms with Crippen LogP contribution in [0.4, 0.5) is 0 Å². The summed E-state index contributed by atoms with van der Waals surface area (Å²) >= 11 is 8.45. The molecule has 0 aromatic carbocycles. The molecule has 0 aliphatic heterocycles. The van der Waals surface area contributed by atoms with Gasteiger partial charge in [-0.15, -0.1) is 11.3 Å². The molecule has 1 aromatic rings. The van der Waals surface area contributed by atoms with Gasteiger partial charge in [-0.05, 0) is 50.8 Å². The van der Waals surface area contributed by atoms with Crippen molar-refractivity contribution in [1.82, 2.24) is 5.32 Å². The van der Waals surface area contributed by atoms with E-state index in [2.05, 4.69) is 43.2 Å². The maximum Gasteiger partial charge on any atom is 0.130 e. The van der Waals surface area contributed by atoms with Gasteiger partial charge in [0.05, 0.1) is 9.86 Å². The number of rotatable bonds is 3. The third kappa shape index (κ3) is 2.37. The first-order chi connectivity index (χ1) is 6.70. The Kier molecular flexibility index (Phi) is 3.27. The van der Waals surface area contributed by atoms with Gasteiger partial charge in [0, 0.05) is 15.4 Å². The van der Waals surface area contributed by atoms with Crippen molar-refractivity contribution in [2.75, 3.05) is 0 Å². The number of hydrogen-bond donors (Lipinski definition) is 1. The van der Waals surface area contributed by atoms with Gasteiger partial charge < -0.3 is 0 Å². The molecule has 0 bridgehead atoms. The molecule has 14 heavy (non-hydrogen) atoms. The smallest absolute Gasteiger partial charge is 0.130 e. The molecule has 0 amide bonds. The second kappa shape index (κ2) is 4.31. The van der Waals surface area contributed by atoms with Gasteiger partial charge in [-0.2, -0.15) is 5.26 Å². The predicted molar refractivity (Wildman–Crippen MR) is 64.2 cm³/mol. The first kappa shape index (κ1) is 10.6. The molecule has 0 spiro atoms. The summed E-state index contributed by atoms with van der Waals surface area (Å²) in [5, 5.41) is 12.3. The van der Waals surface area contributed by atoms with E-state index in [0.29, 0.717) is 6.04 Å². The van der Waals surface area contributed by atoms with Crippen LogP contribution in [0.2, 0.25) is 0 Å². The Morgan fingerprint density at radius 2 is 2.29 bits per heavy atom. The van der Waals surface area contributed by atoms with Crippen molar-refractivity contribution in [2.24, 2.45) is 0 Å². The average Bonchev–Trinajstić information content (AvgIpc) is 2.91. The van der Waals surface area contributed by atoms with Crippen LogP contribution in [0.3, 0.4) is 0 Å². The van der Waals surface area contributed by atoms with Crippen LogP contribution < -0.4 is 5.32 Å². The van der Waals surface area contributed by atoms with E-state index in [9.17, 15) is 0 Å². The van der Waals surface area contributed by atoms with Crippen molar-refractivity contribution in [3.63, 3.8) is 0 Å². The van der Waals surface area contributed by atoms with E-state index in [1.807, 2.05) is 6.07 Å². The molecule has 1 atom stereocenters. The fourth-order valence-electron chi connectivity index (χ4n) is 1.17. The minimum Gasteiger partial charge on any atom is -0.295 e.